The lowest BCUT2D eigenvalue weighted by Crippen LogP contribution is -2.38. The van der Waals surface area contributed by atoms with E-state index < -0.39 is 5.60 Å². The standard InChI is InChI=1S/C17H28N4O2/c1-21-8-5-13(12-21)16-19-11-14(20-16)10-18-15(22)9-17(23)6-3-2-4-7-17/h11,13,23H,2-10,12H2,1H3,(H,18,22)(H,19,20). The van der Waals surface area contributed by atoms with Crippen LogP contribution in [0.25, 0.3) is 0 Å². The molecule has 1 aliphatic heterocycles. The number of hydrogen-bond donors (Lipinski definition) is 3. The number of likely N-dealkylation sites (tertiary alicyclic amines) is 1. The average molecular weight is 320 g/mol. The maximum absolute atomic E-state index is 12.1. The molecule has 128 valence electrons. The summed E-state index contributed by atoms with van der Waals surface area (Å²) >= 11 is 0. The summed E-state index contributed by atoms with van der Waals surface area (Å²) in [4.78, 5) is 22.2. The van der Waals surface area contributed by atoms with Gasteiger partial charge in [0.25, 0.3) is 0 Å². The van der Waals surface area contributed by atoms with Gasteiger partial charge in [-0.1, -0.05) is 19.3 Å². The molecule has 1 unspecified atom stereocenters. The second-order valence-corrected chi connectivity index (χ2v) is 7.28. The van der Waals surface area contributed by atoms with E-state index in [9.17, 15) is 9.90 Å². The fourth-order valence-corrected chi connectivity index (χ4v) is 3.77. The first kappa shape index (κ1) is 16.5. The number of imidazole rings is 1. The lowest BCUT2D eigenvalue weighted by atomic mass is 9.82. The van der Waals surface area contributed by atoms with Crippen molar-refractivity contribution in [2.45, 2.75) is 63.0 Å². The van der Waals surface area contributed by atoms with Crippen LogP contribution < -0.4 is 5.32 Å². The van der Waals surface area contributed by atoms with Crippen molar-refractivity contribution in [3.8, 4) is 0 Å². The highest BCUT2D eigenvalue weighted by molar-refractivity contribution is 5.76. The van der Waals surface area contributed by atoms with Crippen molar-refractivity contribution < 1.29 is 9.90 Å². The van der Waals surface area contributed by atoms with Gasteiger partial charge in [-0.25, -0.2) is 4.98 Å². The summed E-state index contributed by atoms with van der Waals surface area (Å²) in [7, 11) is 2.13. The Morgan fingerprint density at radius 3 is 2.96 bits per heavy atom. The van der Waals surface area contributed by atoms with E-state index in [2.05, 4.69) is 27.2 Å². The lowest BCUT2D eigenvalue weighted by Gasteiger charge is -2.31. The summed E-state index contributed by atoms with van der Waals surface area (Å²) < 4.78 is 0. The van der Waals surface area contributed by atoms with Crippen LogP contribution in [0, 0.1) is 0 Å². The van der Waals surface area contributed by atoms with Gasteiger partial charge in [0, 0.05) is 12.5 Å². The molecular formula is C17H28N4O2. The Kier molecular flexibility index (Phi) is 5.02. The number of rotatable bonds is 5. The number of hydrogen-bond acceptors (Lipinski definition) is 4. The minimum absolute atomic E-state index is 0.0776. The van der Waals surface area contributed by atoms with Gasteiger partial charge in [0.2, 0.25) is 5.91 Å². The number of amides is 1. The number of aromatic amines is 1. The van der Waals surface area contributed by atoms with Crippen molar-refractivity contribution in [2.24, 2.45) is 0 Å². The fourth-order valence-electron chi connectivity index (χ4n) is 3.77. The van der Waals surface area contributed by atoms with Crippen LogP contribution in [0.5, 0.6) is 0 Å². The molecule has 3 rings (SSSR count). The first-order chi connectivity index (χ1) is 11.0. The predicted molar refractivity (Wildman–Crippen MR) is 87.9 cm³/mol. The topological polar surface area (TPSA) is 81.2 Å². The third-order valence-corrected chi connectivity index (χ3v) is 5.18. The number of nitrogens with one attached hydrogen (secondary N) is 2. The van der Waals surface area contributed by atoms with Crippen LogP contribution in [0.1, 0.15) is 62.4 Å². The molecule has 1 saturated carbocycles. The highest BCUT2D eigenvalue weighted by Crippen LogP contribution is 2.30. The van der Waals surface area contributed by atoms with Gasteiger partial charge in [0.1, 0.15) is 5.82 Å². The molecule has 0 radical (unpaired) electrons. The van der Waals surface area contributed by atoms with Gasteiger partial charge in [-0.2, -0.15) is 0 Å². The quantitative estimate of drug-likeness (QED) is 0.768. The summed E-state index contributed by atoms with van der Waals surface area (Å²) in [5.41, 5.74) is 0.133. The first-order valence-corrected chi connectivity index (χ1v) is 8.75. The fraction of sp³-hybridized carbons (Fsp3) is 0.765. The number of carbonyl (C=O) groups excluding carboxylic acids is 1. The maximum atomic E-state index is 12.1. The number of likely N-dealkylation sites (N-methyl/N-ethyl adjacent to an activating group) is 1. The molecule has 23 heavy (non-hydrogen) atoms. The second kappa shape index (κ2) is 7.01. The maximum Gasteiger partial charge on any atom is 0.223 e. The van der Waals surface area contributed by atoms with Crippen LogP contribution in [0.4, 0.5) is 0 Å². The number of H-pyrrole nitrogens is 1. The highest BCUT2D eigenvalue weighted by atomic mass is 16.3. The highest BCUT2D eigenvalue weighted by Gasteiger charge is 2.31. The molecule has 0 aromatic carbocycles. The summed E-state index contributed by atoms with van der Waals surface area (Å²) in [6.45, 7) is 2.59. The van der Waals surface area contributed by atoms with Gasteiger partial charge in [0.05, 0.1) is 30.5 Å². The molecule has 6 heteroatoms. The third kappa shape index (κ3) is 4.32. The zero-order valence-electron chi connectivity index (χ0n) is 14.0. The molecule has 0 spiro atoms. The smallest absolute Gasteiger partial charge is 0.223 e. The minimum Gasteiger partial charge on any atom is -0.389 e. The first-order valence-electron chi connectivity index (χ1n) is 8.75. The molecule has 6 nitrogen and oxygen atoms in total. The van der Waals surface area contributed by atoms with Crippen LogP contribution in [0.3, 0.4) is 0 Å². The van der Waals surface area contributed by atoms with E-state index in [1.165, 1.54) is 0 Å². The Morgan fingerprint density at radius 2 is 2.26 bits per heavy atom. The molecule has 1 aliphatic carbocycles. The Morgan fingerprint density at radius 1 is 1.48 bits per heavy atom. The SMILES string of the molecule is CN1CCC(c2ncc(CNC(=O)CC3(O)CCCCC3)[nH]2)C1. The zero-order chi connectivity index (χ0) is 16.3. The van der Waals surface area contributed by atoms with E-state index in [0.29, 0.717) is 12.5 Å². The normalized spacial score (nSPS) is 24.7. The molecule has 0 bridgehead atoms. The summed E-state index contributed by atoms with van der Waals surface area (Å²) in [5, 5.41) is 13.3. The monoisotopic (exact) mass is 320 g/mol. The van der Waals surface area contributed by atoms with E-state index in [0.717, 1.165) is 63.1 Å². The molecule has 1 amide bonds. The minimum atomic E-state index is -0.796. The van der Waals surface area contributed by atoms with Gasteiger partial charge in [0.15, 0.2) is 0 Å². The zero-order valence-corrected chi connectivity index (χ0v) is 14.0. The molecule has 1 aromatic heterocycles. The van der Waals surface area contributed by atoms with Crippen molar-refractivity contribution in [1.82, 2.24) is 20.2 Å². The Balaban J connectivity index is 1.46. The number of aliphatic hydroxyl groups is 1. The van der Waals surface area contributed by atoms with Gasteiger partial charge >= 0.3 is 0 Å². The number of carbonyl (C=O) groups is 1. The van der Waals surface area contributed by atoms with Gasteiger partial charge in [-0.05, 0) is 32.9 Å². The summed E-state index contributed by atoms with van der Waals surface area (Å²) in [6.07, 6.45) is 7.82. The van der Waals surface area contributed by atoms with Crippen molar-refractivity contribution in [2.75, 3.05) is 20.1 Å². The Bertz CT molecular complexity index is 536. The molecule has 2 heterocycles. The average Bonchev–Trinajstić information content (AvgIpc) is 3.14. The van der Waals surface area contributed by atoms with Crippen LogP contribution in [-0.4, -0.2) is 51.6 Å². The van der Waals surface area contributed by atoms with Crippen molar-refractivity contribution in [3.63, 3.8) is 0 Å². The van der Waals surface area contributed by atoms with Gasteiger partial charge in [-0.15, -0.1) is 0 Å². The van der Waals surface area contributed by atoms with E-state index in [1.54, 1.807) is 0 Å². The largest absolute Gasteiger partial charge is 0.389 e. The van der Waals surface area contributed by atoms with Crippen LogP contribution >= 0.6 is 0 Å². The van der Waals surface area contributed by atoms with Crippen LogP contribution in [-0.2, 0) is 11.3 Å². The van der Waals surface area contributed by atoms with E-state index >= 15 is 0 Å². The van der Waals surface area contributed by atoms with Crippen LogP contribution in [0.2, 0.25) is 0 Å². The van der Waals surface area contributed by atoms with Crippen molar-refractivity contribution >= 4 is 5.91 Å². The lowest BCUT2D eigenvalue weighted by molar-refractivity contribution is -0.127. The molecule has 1 aromatic rings. The summed E-state index contributed by atoms with van der Waals surface area (Å²) in [6, 6.07) is 0. The van der Waals surface area contributed by atoms with Crippen LogP contribution in [0.15, 0.2) is 6.20 Å². The van der Waals surface area contributed by atoms with Crippen molar-refractivity contribution in [3.05, 3.63) is 17.7 Å². The predicted octanol–water partition coefficient (Wildman–Crippen LogP) is 1.53. The van der Waals surface area contributed by atoms with Gasteiger partial charge < -0.3 is 20.3 Å². The molecule has 1 atom stereocenters. The van der Waals surface area contributed by atoms with E-state index in [-0.39, 0.29) is 12.3 Å². The number of aromatic nitrogens is 2. The van der Waals surface area contributed by atoms with Crippen molar-refractivity contribution in [1.29, 1.82) is 0 Å². The summed E-state index contributed by atoms with van der Waals surface area (Å²) in [5.74, 6) is 1.41. The Hall–Kier alpha value is -1.40. The Labute approximate surface area is 137 Å². The molecule has 2 fully saturated rings. The molecule has 1 saturated heterocycles. The second-order valence-electron chi connectivity index (χ2n) is 7.28. The molecule has 2 aliphatic rings. The van der Waals surface area contributed by atoms with Gasteiger partial charge in [-0.3, -0.25) is 4.79 Å². The third-order valence-electron chi connectivity index (χ3n) is 5.18. The molecular weight excluding hydrogens is 292 g/mol. The van der Waals surface area contributed by atoms with E-state index in [4.69, 9.17) is 0 Å². The number of nitrogens with zero attached hydrogens (tertiary/aromatic N) is 2. The molecule has 3 N–H and O–H groups in total. The van der Waals surface area contributed by atoms with E-state index in [1.807, 2.05) is 6.20 Å².